The van der Waals surface area contributed by atoms with Crippen LogP contribution in [-0.2, 0) is 6.54 Å². The summed E-state index contributed by atoms with van der Waals surface area (Å²) in [4.78, 5) is 4.93. The fourth-order valence-electron chi connectivity index (χ4n) is 2.99. The minimum Gasteiger partial charge on any atom is -0.329 e. The van der Waals surface area contributed by atoms with E-state index >= 15 is 0 Å². The van der Waals surface area contributed by atoms with Gasteiger partial charge in [0.15, 0.2) is 0 Å². The molecule has 1 unspecified atom stereocenters. The van der Waals surface area contributed by atoms with Crippen LogP contribution >= 0.6 is 11.6 Å². The zero-order valence-electron chi connectivity index (χ0n) is 12.8. The molecule has 1 aliphatic heterocycles. The molecule has 1 aliphatic rings. The van der Waals surface area contributed by atoms with Gasteiger partial charge in [0.25, 0.3) is 0 Å². The van der Waals surface area contributed by atoms with Crippen molar-refractivity contribution in [1.29, 1.82) is 0 Å². The second-order valence-corrected chi connectivity index (χ2v) is 6.66. The van der Waals surface area contributed by atoms with E-state index in [1.165, 1.54) is 5.56 Å². The average Bonchev–Trinajstić information content (AvgIpc) is 2.87. The van der Waals surface area contributed by atoms with Gasteiger partial charge in [0, 0.05) is 42.8 Å². The summed E-state index contributed by atoms with van der Waals surface area (Å²) in [6.07, 6.45) is 1.14. The molecule has 0 bridgehead atoms. The van der Waals surface area contributed by atoms with Crippen molar-refractivity contribution < 1.29 is 0 Å². The molecule has 1 aromatic carbocycles. The maximum Gasteiger partial charge on any atom is 0.0471 e. The predicted octanol–water partition coefficient (Wildman–Crippen LogP) is 2.58. The molecule has 1 saturated heterocycles. The summed E-state index contributed by atoms with van der Waals surface area (Å²) in [6.45, 7) is 8.34. The van der Waals surface area contributed by atoms with Crippen molar-refractivity contribution in [2.24, 2.45) is 5.73 Å². The molecule has 0 saturated carbocycles. The molecule has 4 heteroatoms. The average molecular weight is 296 g/mol. The first kappa shape index (κ1) is 15.8. The maximum absolute atomic E-state index is 6.12. The minimum atomic E-state index is 0.101. The van der Waals surface area contributed by atoms with Crippen molar-refractivity contribution in [3.05, 3.63) is 34.9 Å². The number of hydrogen-bond donors (Lipinski definition) is 1. The highest BCUT2D eigenvalue weighted by molar-refractivity contribution is 6.30. The second kappa shape index (κ2) is 6.44. The first-order valence-electron chi connectivity index (χ1n) is 7.37. The topological polar surface area (TPSA) is 32.5 Å². The molecule has 0 spiro atoms. The van der Waals surface area contributed by atoms with E-state index in [2.05, 4.69) is 42.8 Å². The van der Waals surface area contributed by atoms with Gasteiger partial charge in [0.05, 0.1) is 0 Å². The van der Waals surface area contributed by atoms with E-state index in [0.29, 0.717) is 12.6 Å². The number of rotatable bonds is 5. The van der Waals surface area contributed by atoms with Crippen LogP contribution in [0.3, 0.4) is 0 Å². The zero-order valence-corrected chi connectivity index (χ0v) is 13.5. The quantitative estimate of drug-likeness (QED) is 0.906. The summed E-state index contributed by atoms with van der Waals surface area (Å²) in [6, 6.07) is 8.69. The minimum absolute atomic E-state index is 0.101. The van der Waals surface area contributed by atoms with Crippen molar-refractivity contribution in [3.8, 4) is 0 Å². The first-order chi connectivity index (χ1) is 9.47. The van der Waals surface area contributed by atoms with E-state index < -0.39 is 0 Å². The Balaban J connectivity index is 2.06. The maximum atomic E-state index is 6.12. The lowest BCUT2D eigenvalue weighted by Gasteiger charge is -2.38. The number of benzene rings is 1. The Labute approximate surface area is 127 Å². The molecule has 0 amide bonds. The molecule has 20 heavy (non-hydrogen) atoms. The molecule has 1 heterocycles. The molecule has 0 radical (unpaired) electrons. The van der Waals surface area contributed by atoms with Crippen molar-refractivity contribution in [1.82, 2.24) is 9.80 Å². The van der Waals surface area contributed by atoms with E-state index in [0.717, 1.165) is 31.1 Å². The Morgan fingerprint density at radius 3 is 2.50 bits per heavy atom. The summed E-state index contributed by atoms with van der Waals surface area (Å²) in [7, 11) is 2.19. The van der Waals surface area contributed by atoms with Gasteiger partial charge in [-0.05, 0) is 45.0 Å². The number of likely N-dealkylation sites (tertiary alicyclic amines) is 1. The van der Waals surface area contributed by atoms with E-state index in [-0.39, 0.29) is 5.54 Å². The summed E-state index contributed by atoms with van der Waals surface area (Å²) in [5, 5.41) is 0.789. The normalized spacial score (nSPS) is 23.9. The lowest BCUT2D eigenvalue weighted by molar-refractivity contribution is 0.116. The van der Waals surface area contributed by atoms with Gasteiger partial charge in [-0.3, -0.25) is 9.80 Å². The Kier molecular flexibility index (Phi) is 5.08. The molecule has 1 atom stereocenters. The SMILES string of the molecule is CC(C)N1CCC(CN)(N(C)Cc2ccc(Cl)cc2)C1. The standard InChI is InChI=1S/C16H26ClN3/c1-13(2)20-9-8-16(11-18,12-20)19(3)10-14-4-6-15(17)7-5-14/h4-7,13H,8-12,18H2,1-3H3. The third-order valence-corrected chi connectivity index (χ3v) is 4.87. The molecule has 1 aromatic rings. The molecule has 2 N–H and O–H groups in total. The van der Waals surface area contributed by atoms with Gasteiger partial charge in [-0.15, -0.1) is 0 Å². The van der Waals surface area contributed by atoms with E-state index in [9.17, 15) is 0 Å². The van der Waals surface area contributed by atoms with Crippen LogP contribution in [0, 0.1) is 0 Å². The predicted molar refractivity (Wildman–Crippen MR) is 86.0 cm³/mol. The van der Waals surface area contributed by atoms with Crippen molar-refractivity contribution in [2.45, 2.75) is 38.4 Å². The third-order valence-electron chi connectivity index (χ3n) is 4.61. The Bertz CT molecular complexity index is 432. The second-order valence-electron chi connectivity index (χ2n) is 6.23. The molecular formula is C16H26ClN3. The fourth-order valence-corrected chi connectivity index (χ4v) is 3.12. The summed E-state index contributed by atoms with van der Waals surface area (Å²) < 4.78 is 0. The largest absolute Gasteiger partial charge is 0.329 e. The van der Waals surface area contributed by atoms with E-state index in [1.54, 1.807) is 0 Å². The monoisotopic (exact) mass is 295 g/mol. The van der Waals surface area contributed by atoms with Crippen LogP contribution in [0.2, 0.25) is 5.02 Å². The van der Waals surface area contributed by atoms with Crippen molar-refractivity contribution in [2.75, 3.05) is 26.7 Å². The van der Waals surface area contributed by atoms with Crippen LogP contribution in [0.4, 0.5) is 0 Å². The number of likely N-dealkylation sites (N-methyl/N-ethyl adjacent to an activating group) is 1. The third kappa shape index (κ3) is 3.34. The van der Waals surface area contributed by atoms with Crippen LogP contribution < -0.4 is 5.73 Å². The molecule has 1 fully saturated rings. The van der Waals surface area contributed by atoms with Gasteiger partial charge in [-0.25, -0.2) is 0 Å². The first-order valence-corrected chi connectivity index (χ1v) is 7.74. The highest BCUT2D eigenvalue weighted by Crippen LogP contribution is 2.29. The molecule has 2 rings (SSSR count). The van der Waals surface area contributed by atoms with Crippen LogP contribution in [0.15, 0.2) is 24.3 Å². The van der Waals surface area contributed by atoms with Crippen LogP contribution in [0.5, 0.6) is 0 Å². The Morgan fingerprint density at radius 2 is 2.00 bits per heavy atom. The molecular weight excluding hydrogens is 270 g/mol. The van der Waals surface area contributed by atoms with Crippen LogP contribution in [0.1, 0.15) is 25.8 Å². The van der Waals surface area contributed by atoms with Crippen LogP contribution in [-0.4, -0.2) is 48.1 Å². The van der Waals surface area contributed by atoms with Crippen molar-refractivity contribution >= 4 is 11.6 Å². The Hall–Kier alpha value is -0.610. The highest BCUT2D eigenvalue weighted by Gasteiger charge is 2.40. The van der Waals surface area contributed by atoms with Gasteiger partial charge in [-0.2, -0.15) is 0 Å². The van der Waals surface area contributed by atoms with Crippen LogP contribution in [0.25, 0.3) is 0 Å². The lowest BCUT2D eigenvalue weighted by Crippen LogP contribution is -2.54. The Morgan fingerprint density at radius 1 is 1.35 bits per heavy atom. The highest BCUT2D eigenvalue weighted by atomic mass is 35.5. The summed E-state index contributed by atoms with van der Waals surface area (Å²) in [5.41, 5.74) is 7.51. The van der Waals surface area contributed by atoms with Gasteiger partial charge in [-0.1, -0.05) is 23.7 Å². The van der Waals surface area contributed by atoms with E-state index in [1.807, 2.05) is 12.1 Å². The van der Waals surface area contributed by atoms with E-state index in [4.69, 9.17) is 17.3 Å². The van der Waals surface area contributed by atoms with Gasteiger partial charge >= 0.3 is 0 Å². The smallest absolute Gasteiger partial charge is 0.0471 e. The molecule has 0 aromatic heterocycles. The molecule has 112 valence electrons. The zero-order chi connectivity index (χ0) is 14.8. The molecule has 3 nitrogen and oxygen atoms in total. The lowest BCUT2D eigenvalue weighted by atomic mass is 9.96. The van der Waals surface area contributed by atoms with Gasteiger partial charge < -0.3 is 5.73 Å². The number of nitrogens with two attached hydrogens (primary N) is 1. The van der Waals surface area contributed by atoms with Gasteiger partial charge in [0.2, 0.25) is 0 Å². The summed E-state index contributed by atoms with van der Waals surface area (Å²) in [5.74, 6) is 0. The molecule has 0 aliphatic carbocycles. The number of hydrogen-bond acceptors (Lipinski definition) is 3. The van der Waals surface area contributed by atoms with Gasteiger partial charge in [0.1, 0.15) is 0 Å². The summed E-state index contributed by atoms with van der Waals surface area (Å²) >= 11 is 5.94. The number of nitrogens with zero attached hydrogens (tertiary/aromatic N) is 2. The fraction of sp³-hybridized carbons (Fsp3) is 0.625. The number of halogens is 1. The van der Waals surface area contributed by atoms with Crippen molar-refractivity contribution in [3.63, 3.8) is 0 Å².